The molecule has 0 radical (unpaired) electrons. The molecule has 0 bridgehead atoms. The van der Waals surface area contributed by atoms with Crippen LogP contribution < -0.4 is 20.1 Å². The molecular weight excluding hydrogens is 348 g/mol. The second-order valence-electron chi connectivity index (χ2n) is 4.99. The molecule has 9 heteroatoms. The molecule has 24 heavy (non-hydrogen) atoms. The number of ether oxygens (including phenoxy) is 2. The summed E-state index contributed by atoms with van der Waals surface area (Å²) >= 11 is 2.81. The van der Waals surface area contributed by atoms with Crippen molar-refractivity contribution in [1.29, 1.82) is 0 Å². The first-order valence-corrected chi connectivity index (χ1v) is 9.40. The second kappa shape index (κ2) is 8.20. The topological polar surface area (TPSA) is 85.4 Å². The minimum atomic E-state index is -0.185. The molecular formula is C15H18N4O3S2. The van der Waals surface area contributed by atoms with Crippen LogP contribution >= 0.6 is 23.1 Å². The summed E-state index contributed by atoms with van der Waals surface area (Å²) in [5.74, 6) is 1.68. The number of nitrogens with one attached hydrogen (secondary N) is 2. The molecule has 1 amide bonds. The normalized spacial score (nSPS) is 15.8. The molecule has 0 aliphatic carbocycles. The summed E-state index contributed by atoms with van der Waals surface area (Å²) < 4.78 is 12.2. The predicted octanol–water partition coefficient (Wildman–Crippen LogP) is 2.02. The highest BCUT2D eigenvalue weighted by Crippen LogP contribution is 2.30. The van der Waals surface area contributed by atoms with Gasteiger partial charge in [-0.25, -0.2) is 0 Å². The molecule has 7 nitrogen and oxygen atoms in total. The van der Waals surface area contributed by atoms with Gasteiger partial charge in [0, 0.05) is 6.54 Å². The highest BCUT2D eigenvalue weighted by molar-refractivity contribution is 8.01. The first-order chi connectivity index (χ1) is 11.7. The Kier molecular flexibility index (Phi) is 5.76. The van der Waals surface area contributed by atoms with E-state index in [1.165, 1.54) is 23.1 Å². The quantitative estimate of drug-likeness (QED) is 0.725. The van der Waals surface area contributed by atoms with E-state index in [0.717, 1.165) is 21.8 Å². The molecule has 2 heterocycles. The van der Waals surface area contributed by atoms with Crippen molar-refractivity contribution in [1.82, 2.24) is 15.5 Å². The number of aromatic nitrogens is 2. The fourth-order valence-electron chi connectivity index (χ4n) is 2.06. The highest BCUT2D eigenvalue weighted by Gasteiger charge is 2.21. The van der Waals surface area contributed by atoms with Crippen LogP contribution in [0.1, 0.15) is 6.92 Å². The van der Waals surface area contributed by atoms with Gasteiger partial charge >= 0.3 is 0 Å². The second-order valence-corrected chi connectivity index (χ2v) is 7.19. The van der Waals surface area contributed by atoms with E-state index in [1.54, 1.807) is 0 Å². The van der Waals surface area contributed by atoms with Crippen molar-refractivity contribution in [2.24, 2.45) is 0 Å². The third kappa shape index (κ3) is 4.51. The Balaban J connectivity index is 1.40. The fraction of sp³-hybridized carbons (Fsp3) is 0.400. The molecule has 2 N–H and O–H groups in total. The number of carbonyl (C=O) groups is 1. The Morgan fingerprint density at radius 2 is 2.21 bits per heavy atom. The van der Waals surface area contributed by atoms with Gasteiger partial charge < -0.3 is 20.1 Å². The van der Waals surface area contributed by atoms with Gasteiger partial charge in [0.05, 0.1) is 12.3 Å². The lowest BCUT2D eigenvalue weighted by atomic mass is 10.2. The van der Waals surface area contributed by atoms with Crippen LogP contribution in [0.2, 0.25) is 0 Å². The molecule has 1 aliphatic heterocycles. The fourth-order valence-corrected chi connectivity index (χ4v) is 3.71. The van der Waals surface area contributed by atoms with Crippen molar-refractivity contribution in [2.75, 3.05) is 30.8 Å². The van der Waals surface area contributed by atoms with E-state index in [4.69, 9.17) is 9.47 Å². The predicted molar refractivity (Wildman–Crippen MR) is 94.2 cm³/mol. The summed E-state index contributed by atoms with van der Waals surface area (Å²) in [7, 11) is 0. The molecule has 1 aromatic heterocycles. The van der Waals surface area contributed by atoms with Crippen molar-refractivity contribution in [2.45, 2.75) is 17.4 Å². The summed E-state index contributed by atoms with van der Waals surface area (Å²) in [4.78, 5) is 11.9. The maximum Gasteiger partial charge on any atom is 0.230 e. The number of fused-ring (bicyclic) bond motifs is 1. The monoisotopic (exact) mass is 366 g/mol. The summed E-state index contributed by atoms with van der Waals surface area (Å²) in [6.45, 7) is 3.63. The van der Waals surface area contributed by atoms with Gasteiger partial charge in [0.2, 0.25) is 11.0 Å². The van der Waals surface area contributed by atoms with Crippen molar-refractivity contribution >= 4 is 34.1 Å². The Hall–Kier alpha value is -2.00. The molecule has 2 aromatic rings. The summed E-state index contributed by atoms with van der Waals surface area (Å²) in [5.41, 5.74) is 0. The number of carbonyl (C=O) groups excluding carboxylic acids is 1. The van der Waals surface area contributed by atoms with Crippen LogP contribution in [0, 0.1) is 0 Å². The third-order valence-electron chi connectivity index (χ3n) is 3.16. The SMILES string of the molecule is CCNc1nnc(SCC(=O)NCC2COc3ccccc3O2)s1. The number of thioether (sulfide) groups is 1. The average molecular weight is 366 g/mol. The van der Waals surface area contributed by atoms with Crippen molar-refractivity contribution in [3.8, 4) is 11.5 Å². The van der Waals surface area contributed by atoms with Gasteiger partial charge in [0.15, 0.2) is 15.8 Å². The Morgan fingerprint density at radius 1 is 1.38 bits per heavy atom. The highest BCUT2D eigenvalue weighted by atomic mass is 32.2. The van der Waals surface area contributed by atoms with Gasteiger partial charge in [0.25, 0.3) is 0 Å². The van der Waals surface area contributed by atoms with E-state index in [9.17, 15) is 4.79 Å². The molecule has 0 spiro atoms. The lowest BCUT2D eigenvalue weighted by Crippen LogP contribution is -2.41. The molecule has 128 valence electrons. The zero-order chi connectivity index (χ0) is 16.8. The first-order valence-electron chi connectivity index (χ1n) is 7.60. The van der Waals surface area contributed by atoms with Crippen molar-refractivity contribution in [3.05, 3.63) is 24.3 Å². The van der Waals surface area contributed by atoms with Crippen molar-refractivity contribution in [3.63, 3.8) is 0 Å². The molecule has 1 unspecified atom stereocenters. The van der Waals surface area contributed by atoms with Crippen LogP contribution in [-0.4, -0.2) is 47.7 Å². The maximum absolute atomic E-state index is 11.9. The number of anilines is 1. The van der Waals surface area contributed by atoms with E-state index in [-0.39, 0.29) is 12.0 Å². The van der Waals surface area contributed by atoms with Crippen LogP contribution in [0.25, 0.3) is 0 Å². The van der Waals surface area contributed by atoms with Gasteiger partial charge in [-0.05, 0) is 19.1 Å². The van der Waals surface area contributed by atoms with Gasteiger partial charge in [-0.15, -0.1) is 10.2 Å². The Bertz CT molecular complexity index is 695. The van der Waals surface area contributed by atoms with Crippen LogP contribution in [0.4, 0.5) is 5.13 Å². The van der Waals surface area contributed by atoms with Gasteiger partial charge in [-0.1, -0.05) is 35.2 Å². The largest absolute Gasteiger partial charge is 0.486 e. The standard InChI is InChI=1S/C15H18N4O3S2/c1-2-16-14-18-19-15(24-14)23-9-13(20)17-7-10-8-21-11-5-3-4-6-12(11)22-10/h3-6,10H,2,7-9H2,1H3,(H,16,18)(H,17,20). The van der Waals surface area contributed by atoms with Gasteiger partial charge in [-0.3, -0.25) is 4.79 Å². The third-order valence-corrected chi connectivity index (χ3v) is 5.17. The minimum absolute atomic E-state index is 0.0670. The molecule has 1 aliphatic rings. The number of nitrogens with zero attached hydrogens (tertiary/aromatic N) is 2. The van der Waals surface area contributed by atoms with E-state index >= 15 is 0 Å². The van der Waals surface area contributed by atoms with E-state index < -0.39 is 0 Å². The van der Waals surface area contributed by atoms with Crippen LogP contribution in [0.5, 0.6) is 11.5 Å². The summed E-state index contributed by atoms with van der Waals surface area (Å²) in [6.07, 6.45) is -0.185. The zero-order valence-electron chi connectivity index (χ0n) is 13.2. The molecule has 1 aromatic carbocycles. The van der Waals surface area contributed by atoms with E-state index in [0.29, 0.717) is 24.7 Å². The number of para-hydroxylation sites is 2. The van der Waals surface area contributed by atoms with Gasteiger partial charge in [0.1, 0.15) is 12.7 Å². The number of benzene rings is 1. The molecule has 1 atom stereocenters. The van der Waals surface area contributed by atoms with E-state index in [2.05, 4.69) is 20.8 Å². The van der Waals surface area contributed by atoms with Gasteiger partial charge in [-0.2, -0.15) is 0 Å². The summed E-state index contributed by atoms with van der Waals surface area (Å²) in [5, 5.41) is 14.7. The Labute approximate surface area is 148 Å². The lowest BCUT2D eigenvalue weighted by Gasteiger charge is -2.26. The lowest BCUT2D eigenvalue weighted by molar-refractivity contribution is -0.119. The Morgan fingerprint density at radius 3 is 3.04 bits per heavy atom. The van der Waals surface area contributed by atoms with Crippen LogP contribution in [-0.2, 0) is 4.79 Å². The minimum Gasteiger partial charge on any atom is -0.486 e. The molecule has 3 rings (SSSR count). The average Bonchev–Trinajstić information content (AvgIpc) is 3.06. The molecule has 0 saturated heterocycles. The maximum atomic E-state index is 11.9. The number of rotatable bonds is 7. The first kappa shape index (κ1) is 16.8. The summed E-state index contributed by atoms with van der Waals surface area (Å²) in [6, 6.07) is 7.51. The number of hydrogen-bond acceptors (Lipinski definition) is 8. The van der Waals surface area contributed by atoms with Crippen molar-refractivity contribution < 1.29 is 14.3 Å². The molecule has 0 fully saturated rings. The number of amides is 1. The smallest absolute Gasteiger partial charge is 0.230 e. The molecule has 0 saturated carbocycles. The zero-order valence-corrected chi connectivity index (χ0v) is 14.8. The van der Waals surface area contributed by atoms with Crippen LogP contribution in [0.15, 0.2) is 28.6 Å². The van der Waals surface area contributed by atoms with Crippen LogP contribution in [0.3, 0.4) is 0 Å². The number of hydrogen-bond donors (Lipinski definition) is 2. The van der Waals surface area contributed by atoms with E-state index in [1.807, 2.05) is 31.2 Å².